The number of nitrogens with one attached hydrogen (secondary N) is 3. The van der Waals surface area contributed by atoms with Gasteiger partial charge in [-0.25, -0.2) is 4.39 Å². The fraction of sp³-hybridized carbons (Fsp3) is 0.263. The first-order chi connectivity index (χ1) is 12.3. The first-order valence-electron chi connectivity index (χ1n) is 8.36. The summed E-state index contributed by atoms with van der Waals surface area (Å²) in [5.41, 5.74) is 3.04. The summed E-state index contributed by atoms with van der Waals surface area (Å²) < 4.78 is 13.2. The Labute approximate surface area is 169 Å². The largest absolute Gasteiger partial charge is 0.361 e. The Morgan fingerprint density at radius 1 is 1.15 bits per heavy atom. The van der Waals surface area contributed by atoms with E-state index in [0.717, 1.165) is 54.1 Å². The van der Waals surface area contributed by atoms with E-state index in [9.17, 15) is 4.39 Å². The van der Waals surface area contributed by atoms with E-state index >= 15 is 0 Å². The average molecular weight is 467 g/mol. The van der Waals surface area contributed by atoms with Gasteiger partial charge in [-0.05, 0) is 42.3 Å². The molecule has 2 aromatic heterocycles. The molecule has 0 aliphatic rings. The van der Waals surface area contributed by atoms with Crippen LogP contribution in [0.15, 0.2) is 53.8 Å². The molecule has 2 heterocycles. The first kappa shape index (κ1) is 20.2. The Balaban J connectivity index is 0.00000243. The molecule has 0 atom stereocenters. The lowest BCUT2D eigenvalue weighted by atomic mass is 10.1. The van der Waals surface area contributed by atoms with Crippen LogP contribution in [0.1, 0.15) is 11.3 Å². The second kappa shape index (κ2) is 10.1. The SMILES string of the molecule is CN=C(NCCc1ccccn1)NCCc1c[nH]c2cc(F)ccc12.I. The van der Waals surface area contributed by atoms with Gasteiger partial charge < -0.3 is 15.6 Å². The minimum atomic E-state index is -0.225. The number of pyridine rings is 1. The summed E-state index contributed by atoms with van der Waals surface area (Å²) in [6.07, 6.45) is 5.40. The quantitative estimate of drug-likeness (QED) is 0.296. The molecule has 7 heteroatoms. The molecule has 1 aromatic carbocycles. The van der Waals surface area contributed by atoms with Crippen LogP contribution in [0.4, 0.5) is 4.39 Å². The summed E-state index contributed by atoms with van der Waals surface area (Å²) in [6.45, 7) is 1.51. The van der Waals surface area contributed by atoms with Gasteiger partial charge in [-0.15, -0.1) is 24.0 Å². The molecule has 0 radical (unpaired) electrons. The molecule has 0 saturated carbocycles. The molecule has 3 aromatic rings. The van der Waals surface area contributed by atoms with Crippen LogP contribution < -0.4 is 10.6 Å². The third-order valence-electron chi connectivity index (χ3n) is 4.04. The number of guanidine groups is 1. The van der Waals surface area contributed by atoms with Crippen LogP contribution in [0, 0.1) is 5.82 Å². The van der Waals surface area contributed by atoms with E-state index in [1.54, 1.807) is 13.2 Å². The van der Waals surface area contributed by atoms with E-state index < -0.39 is 0 Å². The Bertz CT molecular complexity index is 848. The van der Waals surface area contributed by atoms with Gasteiger partial charge in [-0.3, -0.25) is 9.98 Å². The number of H-pyrrole nitrogens is 1. The fourth-order valence-electron chi connectivity index (χ4n) is 2.76. The molecule has 3 N–H and O–H groups in total. The summed E-state index contributed by atoms with van der Waals surface area (Å²) in [6, 6.07) is 10.7. The number of halogens is 2. The summed E-state index contributed by atoms with van der Waals surface area (Å²) in [5, 5.41) is 7.64. The number of benzene rings is 1. The van der Waals surface area contributed by atoms with Gasteiger partial charge in [0.05, 0.1) is 0 Å². The molecule has 0 fully saturated rings. The van der Waals surface area contributed by atoms with Crippen molar-refractivity contribution >= 4 is 40.8 Å². The number of aromatic nitrogens is 2. The molecule has 0 aliphatic carbocycles. The molecule has 5 nitrogen and oxygen atoms in total. The molecule has 3 rings (SSSR count). The van der Waals surface area contributed by atoms with Gasteiger partial charge in [0.25, 0.3) is 0 Å². The summed E-state index contributed by atoms with van der Waals surface area (Å²) in [5.74, 6) is 0.540. The van der Waals surface area contributed by atoms with Gasteiger partial charge in [-0.2, -0.15) is 0 Å². The van der Waals surface area contributed by atoms with Gasteiger partial charge in [0.15, 0.2) is 5.96 Å². The molecule has 0 unspecified atom stereocenters. The molecule has 0 saturated heterocycles. The minimum absolute atomic E-state index is 0. The third-order valence-corrected chi connectivity index (χ3v) is 4.04. The van der Waals surface area contributed by atoms with Crippen LogP contribution in [-0.2, 0) is 12.8 Å². The van der Waals surface area contributed by atoms with Crippen molar-refractivity contribution in [1.29, 1.82) is 0 Å². The van der Waals surface area contributed by atoms with Crippen LogP contribution in [0.25, 0.3) is 10.9 Å². The van der Waals surface area contributed by atoms with Crippen LogP contribution in [0.5, 0.6) is 0 Å². The first-order valence-corrected chi connectivity index (χ1v) is 8.36. The number of aromatic amines is 1. The van der Waals surface area contributed by atoms with Crippen molar-refractivity contribution in [1.82, 2.24) is 20.6 Å². The zero-order valence-corrected chi connectivity index (χ0v) is 17.0. The monoisotopic (exact) mass is 467 g/mol. The minimum Gasteiger partial charge on any atom is -0.361 e. The number of fused-ring (bicyclic) bond motifs is 1. The molecule has 138 valence electrons. The topological polar surface area (TPSA) is 65.1 Å². The second-order valence-corrected chi connectivity index (χ2v) is 5.75. The highest BCUT2D eigenvalue weighted by Gasteiger charge is 2.05. The van der Waals surface area contributed by atoms with Crippen molar-refractivity contribution < 1.29 is 4.39 Å². The van der Waals surface area contributed by atoms with Gasteiger partial charge in [0, 0.05) is 55.5 Å². The molecular formula is C19H23FIN5. The van der Waals surface area contributed by atoms with Gasteiger partial charge in [-0.1, -0.05) is 6.07 Å². The number of hydrogen-bond donors (Lipinski definition) is 3. The Kier molecular flexibility index (Phi) is 7.83. The molecule has 0 amide bonds. The summed E-state index contributed by atoms with van der Waals surface area (Å²) in [7, 11) is 1.75. The molecule has 26 heavy (non-hydrogen) atoms. The maximum Gasteiger partial charge on any atom is 0.190 e. The number of hydrogen-bond acceptors (Lipinski definition) is 2. The third kappa shape index (κ3) is 5.42. The zero-order valence-electron chi connectivity index (χ0n) is 14.6. The smallest absolute Gasteiger partial charge is 0.190 e. The average Bonchev–Trinajstić information content (AvgIpc) is 3.03. The maximum absolute atomic E-state index is 13.2. The lowest BCUT2D eigenvalue weighted by Crippen LogP contribution is -2.39. The lowest BCUT2D eigenvalue weighted by Gasteiger charge is -2.11. The predicted octanol–water partition coefficient (Wildman–Crippen LogP) is 3.27. The van der Waals surface area contributed by atoms with E-state index in [0.29, 0.717) is 0 Å². The second-order valence-electron chi connectivity index (χ2n) is 5.75. The number of aliphatic imine (C=N–C) groups is 1. The Morgan fingerprint density at radius 3 is 2.69 bits per heavy atom. The van der Waals surface area contributed by atoms with Crippen molar-refractivity contribution in [3.05, 3.63) is 65.9 Å². The van der Waals surface area contributed by atoms with E-state index in [-0.39, 0.29) is 29.8 Å². The lowest BCUT2D eigenvalue weighted by molar-refractivity contribution is 0.629. The molecule has 0 aliphatic heterocycles. The highest BCUT2D eigenvalue weighted by Crippen LogP contribution is 2.19. The van der Waals surface area contributed by atoms with Crippen molar-refractivity contribution in [2.24, 2.45) is 4.99 Å². The van der Waals surface area contributed by atoms with Crippen molar-refractivity contribution in [3.8, 4) is 0 Å². The van der Waals surface area contributed by atoms with Crippen LogP contribution in [-0.4, -0.2) is 36.1 Å². The molecule has 0 spiro atoms. The van der Waals surface area contributed by atoms with Crippen molar-refractivity contribution in [2.75, 3.05) is 20.1 Å². The maximum atomic E-state index is 13.2. The van der Waals surface area contributed by atoms with Gasteiger partial charge in [0.1, 0.15) is 5.82 Å². The summed E-state index contributed by atoms with van der Waals surface area (Å²) in [4.78, 5) is 11.6. The van der Waals surface area contributed by atoms with E-state index in [4.69, 9.17) is 0 Å². The Hall–Kier alpha value is -2.16. The number of rotatable bonds is 6. The van der Waals surface area contributed by atoms with E-state index in [1.807, 2.05) is 30.5 Å². The normalized spacial score (nSPS) is 11.2. The van der Waals surface area contributed by atoms with Gasteiger partial charge in [0.2, 0.25) is 0 Å². The van der Waals surface area contributed by atoms with Gasteiger partial charge >= 0.3 is 0 Å². The summed E-state index contributed by atoms with van der Waals surface area (Å²) >= 11 is 0. The fourth-order valence-corrected chi connectivity index (χ4v) is 2.76. The van der Waals surface area contributed by atoms with Crippen molar-refractivity contribution in [3.63, 3.8) is 0 Å². The van der Waals surface area contributed by atoms with E-state index in [2.05, 4.69) is 25.6 Å². The van der Waals surface area contributed by atoms with Crippen LogP contribution >= 0.6 is 24.0 Å². The molecular weight excluding hydrogens is 444 g/mol. The molecule has 0 bridgehead atoms. The number of nitrogens with zero attached hydrogens (tertiary/aromatic N) is 2. The van der Waals surface area contributed by atoms with Crippen LogP contribution in [0.3, 0.4) is 0 Å². The highest BCUT2D eigenvalue weighted by atomic mass is 127. The van der Waals surface area contributed by atoms with Crippen LogP contribution in [0.2, 0.25) is 0 Å². The zero-order chi connectivity index (χ0) is 17.5. The van der Waals surface area contributed by atoms with E-state index in [1.165, 1.54) is 12.1 Å². The highest BCUT2D eigenvalue weighted by molar-refractivity contribution is 14.0. The van der Waals surface area contributed by atoms with Crippen molar-refractivity contribution in [2.45, 2.75) is 12.8 Å². The standard InChI is InChI=1S/C19H22FN5.HI/c1-21-19(24-11-8-16-4-2-3-9-22-16)23-10-7-14-13-25-18-12-15(20)5-6-17(14)18;/h2-6,9,12-13,25H,7-8,10-11H2,1H3,(H2,21,23,24);1H. The predicted molar refractivity (Wildman–Crippen MR) is 115 cm³/mol. The Morgan fingerprint density at radius 2 is 1.96 bits per heavy atom.